The highest BCUT2D eigenvalue weighted by molar-refractivity contribution is 7.22. The van der Waals surface area contributed by atoms with Crippen molar-refractivity contribution in [2.24, 2.45) is 0 Å². The highest BCUT2D eigenvalue weighted by Crippen LogP contribution is 2.43. The van der Waals surface area contributed by atoms with Gasteiger partial charge in [0, 0.05) is 6.20 Å². The summed E-state index contributed by atoms with van der Waals surface area (Å²) in [6.45, 7) is 4.04. The van der Waals surface area contributed by atoms with Crippen LogP contribution in [0, 0.1) is 13.8 Å². The molecule has 7 heteroatoms. The fourth-order valence-corrected chi connectivity index (χ4v) is 5.56. The van der Waals surface area contributed by atoms with Gasteiger partial charge >= 0.3 is 0 Å². The van der Waals surface area contributed by atoms with E-state index in [9.17, 15) is 9.59 Å². The van der Waals surface area contributed by atoms with Crippen LogP contribution in [0.25, 0.3) is 21.2 Å². The van der Waals surface area contributed by atoms with Crippen LogP contribution < -0.4 is 10.3 Å². The third-order valence-electron chi connectivity index (χ3n) is 5.77. The third-order valence-corrected chi connectivity index (χ3v) is 6.77. The van der Waals surface area contributed by atoms with Crippen LogP contribution in [0.5, 0.6) is 0 Å². The highest BCUT2D eigenvalue weighted by atomic mass is 32.1. The molecular weight excluding hydrogens is 422 g/mol. The lowest BCUT2D eigenvalue weighted by atomic mass is 10.0. The number of carbonyl (C=O) groups is 1. The molecule has 5 aromatic rings. The van der Waals surface area contributed by atoms with Crippen LogP contribution in [-0.4, -0.2) is 15.9 Å². The number of carbonyl (C=O) groups excluding carboxylic acids is 1. The van der Waals surface area contributed by atoms with Crippen molar-refractivity contribution in [2.75, 3.05) is 4.90 Å². The van der Waals surface area contributed by atoms with Crippen LogP contribution in [0.15, 0.2) is 70.0 Å². The summed E-state index contributed by atoms with van der Waals surface area (Å²) in [5.74, 6) is -0.330. The molecule has 1 aliphatic heterocycles. The van der Waals surface area contributed by atoms with E-state index < -0.39 is 6.04 Å². The maximum atomic E-state index is 13.6. The molecule has 0 saturated carbocycles. The smallest absolute Gasteiger partial charge is 0.297 e. The Morgan fingerprint density at radius 2 is 1.84 bits per heavy atom. The van der Waals surface area contributed by atoms with Crippen LogP contribution >= 0.6 is 11.3 Å². The van der Waals surface area contributed by atoms with E-state index >= 15 is 0 Å². The molecule has 2 aromatic carbocycles. The topological polar surface area (TPSA) is 76.3 Å². The number of para-hydroxylation sites is 1. The van der Waals surface area contributed by atoms with E-state index in [1.165, 1.54) is 11.3 Å². The van der Waals surface area contributed by atoms with Gasteiger partial charge in [0.05, 0.1) is 26.9 Å². The summed E-state index contributed by atoms with van der Waals surface area (Å²) >= 11 is 1.43. The first kappa shape index (κ1) is 18.9. The zero-order valence-electron chi connectivity index (χ0n) is 17.3. The second kappa shape index (κ2) is 6.83. The molecule has 0 spiro atoms. The molecule has 1 amide bonds. The van der Waals surface area contributed by atoms with Crippen molar-refractivity contribution in [3.05, 3.63) is 99.2 Å². The van der Waals surface area contributed by atoms with E-state index in [0.29, 0.717) is 27.4 Å². The predicted molar refractivity (Wildman–Crippen MR) is 124 cm³/mol. The predicted octanol–water partition coefficient (Wildman–Crippen LogP) is 5.16. The summed E-state index contributed by atoms with van der Waals surface area (Å²) in [6, 6.07) is 15.9. The van der Waals surface area contributed by atoms with Gasteiger partial charge in [-0.25, -0.2) is 4.98 Å². The van der Waals surface area contributed by atoms with Gasteiger partial charge in [-0.1, -0.05) is 35.6 Å². The normalized spacial score (nSPS) is 15.6. The van der Waals surface area contributed by atoms with Crippen LogP contribution in [0.4, 0.5) is 5.13 Å². The molecule has 1 atom stereocenters. The van der Waals surface area contributed by atoms with Crippen molar-refractivity contribution in [1.82, 2.24) is 9.97 Å². The number of benzene rings is 2. The average Bonchev–Trinajstić information content (AvgIpc) is 3.34. The summed E-state index contributed by atoms with van der Waals surface area (Å²) in [5.41, 5.74) is 4.09. The van der Waals surface area contributed by atoms with Crippen LogP contribution in [0.2, 0.25) is 0 Å². The van der Waals surface area contributed by atoms with Crippen LogP contribution in [0.3, 0.4) is 0 Å². The quantitative estimate of drug-likeness (QED) is 0.380. The molecule has 3 aromatic heterocycles. The van der Waals surface area contributed by atoms with Gasteiger partial charge in [-0.2, -0.15) is 0 Å². The van der Waals surface area contributed by atoms with Crippen molar-refractivity contribution < 1.29 is 9.21 Å². The number of hydrogen-bond donors (Lipinski definition) is 0. The van der Waals surface area contributed by atoms with Crippen LogP contribution in [0.1, 0.15) is 39.0 Å². The zero-order chi connectivity index (χ0) is 22.0. The summed E-state index contributed by atoms with van der Waals surface area (Å²) in [5, 5.41) is 0.960. The summed E-state index contributed by atoms with van der Waals surface area (Å²) < 4.78 is 6.97. The van der Waals surface area contributed by atoms with Gasteiger partial charge in [0.25, 0.3) is 5.91 Å². The van der Waals surface area contributed by atoms with E-state index in [2.05, 4.69) is 17.1 Å². The molecule has 0 saturated heterocycles. The Balaban J connectivity index is 1.65. The molecule has 1 aliphatic rings. The number of fused-ring (bicyclic) bond motifs is 3. The number of nitrogens with zero attached hydrogens (tertiary/aromatic N) is 3. The van der Waals surface area contributed by atoms with Gasteiger partial charge in [0.1, 0.15) is 11.6 Å². The largest absolute Gasteiger partial charge is 0.450 e. The number of aromatic nitrogens is 2. The van der Waals surface area contributed by atoms with Gasteiger partial charge in [-0.05, 0) is 55.3 Å². The van der Waals surface area contributed by atoms with E-state index in [1.54, 1.807) is 41.4 Å². The number of thiazole rings is 1. The number of anilines is 1. The Hall–Kier alpha value is -3.84. The van der Waals surface area contributed by atoms with Crippen molar-refractivity contribution in [3.8, 4) is 0 Å². The molecule has 0 bridgehead atoms. The van der Waals surface area contributed by atoms with E-state index in [1.807, 2.05) is 26.0 Å². The maximum absolute atomic E-state index is 13.6. The highest BCUT2D eigenvalue weighted by Gasteiger charge is 2.45. The Morgan fingerprint density at radius 1 is 1.03 bits per heavy atom. The molecule has 0 radical (unpaired) electrons. The summed E-state index contributed by atoms with van der Waals surface area (Å²) in [4.78, 5) is 38.0. The lowest BCUT2D eigenvalue weighted by molar-refractivity contribution is 0.0970. The number of pyridine rings is 1. The van der Waals surface area contributed by atoms with Gasteiger partial charge in [-0.3, -0.25) is 19.5 Å². The molecule has 1 unspecified atom stereocenters. The van der Waals surface area contributed by atoms with Crippen LogP contribution in [-0.2, 0) is 0 Å². The first-order valence-corrected chi connectivity index (χ1v) is 11.0. The van der Waals surface area contributed by atoms with E-state index in [0.717, 1.165) is 21.3 Å². The first-order valence-electron chi connectivity index (χ1n) is 10.2. The third kappa shape index (κ3) is 2.64. The molecule has 4 heterocycles. The molecule has 32 heavy (non-hydrogen) atoms. The number of amides is 1. The molecular formula is C25H17N3O3S. The second-order valence-electron chi connectivity index (χ2n) is 7.93. The first-order chi connectivity index (χ1) is 15.5. The number of hydrogen-bond acceptors (Lipinski definition) is 6. The van der Waals surface area contributed by atoms with Crippen molar-refractivity contribution in [3.63, 3.8) is 0 Å². The van der Waals surface area contributed by atoms with Crippen molar-refractivity contribution in [2.45, 2.75) is 19.9 Å². The van der Waals surface area contributed by atoms with Crippen molar-refractivity contribution in [1.29, 1.82) is 0 Å². The second-order valence-corrected chi connectivity index (χ2v) is 8.94. The SMILES string of the molecule is Cc1cc(C)c2nc(N3C(=O)c4oc5ccccc5c(=O)c4C3c3ccccn3)sc2c1. The zero-order valence-corrected chi connectivity index (χ0v) is 18.1. The minimum atomic E-state index is -0.707. The van der Waals surface area contributed by atoms with Crippen molar-refractivity contribution >= 4 is 43.6 Å². The van der Waals surface area contributed by atoms with Gasteiger partial charge < -0.3 is 4.42 Å². The molecule has 6 nitrogen and oxygen atoms in total. The Bertz CT molecular complexity index is 1600. The lowest BCUT2D eigenvalue weighted by Gasteiger charge is -2.21. The molecule has 0 aliphatic carbocycles. The summed E-state index contributed by atoms with van der Waals surface area (Å²) in [6.07, 6.45) is 1.66. The molecule has 0 N–H and O–H groups in total. The standard InChI is InChI=1S/C25H17N3O3S/c1-13-11-14(2)20-18(12-13)32-25(27-20)28-21(16-8-5-6-10-26-16)19-22(29)15-7-3-4-9-17(15)31-23(19)24(28)30/h3-12,21H,1-2H3. The monoisotopic (exact) mass is 439 g/mol. The van der Waals surface area contributed by atoms with E-state index in [-0.39, 0.29) is 17.1 Å². The van der Waals surface area contributed by atoms with Gasteiger partial charge in [0.15, 0.2) is 10.6 Å². The Labute approximate surface area is 186 Å². The molecule has 0 fully saturated rings. The number of rotatable bonds is 2. The van der Waals surface area contributed by atoms with Gasteiger partial charge in [-0.15, -0.1) is 0 Å². The van der Waals surface area contributed by atoms with E-state index in [4.69, 9.17) is 9.40 Å². The fraction of sp³-hybridized carbons (Fsp3) is 0.120. The lowest BCUT2D eigenvalue weighted by Crippen LogP contribution is -2.29. The Kier molecular flexibility index (Phi) is 4.03. The molecule has 156 valence electrons. The maximum Gasteiger partial charge on any atom is 0.297 e. The summed E-state index contributed by atoms with van der Waals surface area (Å²) in [7, 11) is 0. The average molecular weight is 439 g/mol. The minimum absolute atomic E-state index is 0.0523. The number of aryl methyl sites for hydroxylation is 2. The Morgan fingerprint density at radius 3 is 2.66 bits per heavy atom. The minimum Gasteiger partial charge on any atom is -0.450 e. The molecule has 6 rings (SSSR count). The van der Waals surface area contributed by atoms with Gasteiger partial charge in [0.2, 0.25) is 5.76 Å². The fourth-order valence-electron chi connectivity index (χ4n) is 4.40.